The van der Waals surface area contributed by atoms with Crippen LogP contribution < -0.4 is 5.32 Å². The molecule has 0 spiro atoms. The minimum absolute atomic E-state index is 0.640. The first-order chi connectivity index (χ1) is 9.81. The number of hydrogen-bond acceptors (Lipinski definition) is 6. The number of anilines is 2. The molecule has 0 amide bonds. The minimum Gasteiger partial charge on any atom is -0.356 e. The number of rotatable bonds is 2. The van der Waals surface area contributed by atoms with E-state index in [2.05, 4.69) is 30.6 Å². The largest absolute Gasteiger partial charge is 0.356 e. The summed E-state index contributed by atoms with van der Waals surface area (Å²) in [7, 11) is 0. The lowest BCUT2D eigenvalue weighted by molar-refractivity contribution is 0.450. The Morgan fingerprint density at radius 1 is 1.20 bits per heavy atom. The van der Waals surface area contributed by atoms with Gasteiger partial charge in [-0.25, -0.2) is 9.97 Å². The maximum atomic E-state index is 5.19. The molecule has 0 aliphatic carbocycles. The number of fused-ring (bicyclic) bond motifs is 2. The topological polar surface area (TPSA) is 92.5 Å². The maximum Gasteiger partial charge on any atom is 0.180 e. The fraction of sp³-hybridized carbons (Fsp3) is 0.0769. The van der Waals surface area contributed by atoms with Gasteiger partial charge in [0.25, 0.3) is 0 Å². The quantitative estimate of drug-likeness (QED) is 0.579. The molecular weight excluding hydrogens is 256 g/mol. The van der Waals surface area contributed by atoms with Gasteiger partial charge in [-0.3, -0.25) is 5.10 Å². The van der Waals surface area contributed by atoms with E-state index in [1.54, 1.807) is 12.4 Å². The standard InChI is InChI=1S/C13H10N6O/c1-7-9-6-8(2-3-10(9)20-19-7)16-13-11-12(17-18-13)15-5-4-14-11/h2-6H,1H3,(H2,15,16,17,18). The summed E-state index contributed by atoms with van der Waals surface area (Å²) in [6, 6.07) is 5.75. The van der Waals surface area contributed by atoms with Crippen molar-refractivity contribution in [3.63, 3.8) is 0 Å². The molecule has 0 atom stereocenters. The lowest BCUT2D eigenvalue weighted by Gasteiger charge is -2.02. The zero-order chi connectivity index (χ0) is 13.5. The van der Waals surface area contributed by atoms with Crippen LogP contribution in [0.1, 0.15) is 5.69 Å². The Kier molecular flexibility index (Phi) is 2.19. The Labute approximate surface area is 113 Å². The van der Waals surface area contributed by atoms with E-state index < -0.39 is 0 Å². The molecule has 4 aromatic rings. The van der Waals surface area contributed by atoms with Gasteiger partial charge in [-0.05, 0) is 25.1 Å². The number of aromatic nitrogens is 5. The first-order valence-electron chi connectivity index (χ1n) is 6.09. The van der Waals surface area contributed by atoms with E-state index in [0.29, 0.717) is 17.0 Å². The molecule has 4 rings (SSSR count). The highest BCUT2D eigenvalue weighted by Crippen LogP contribution is 2.25. The molecule has 0 saturated heterocycles. The highest BCUT2D eigenvalue weighted by Gasteiger charge is 2.09. The molecule has 7 nitrogen and oxygen atoms in total. The number of benzene rings is 1. The van der Waals surface area contributed by atoms with Crippen LogP contribution in [-0.2, 0) is 0 Å². The molecule has 0 saturated carbocycles. The third kappa shape index (κ3) is 1.60. The van der Waals surface area contributed by atoms with Crippen LogP contribution in [0.3, 0.4) is 0 Å². The lowest BCUT2D eigenvalue weighted by atomic mass is 10.2. The second-order valence-electron chi connectivity index (χ2n) is 4.43. The number of nitrogens with one attached hydrogen (secondary N) is 2. The Balaban J connectivity index is 1.78. The van der Waals surface area contributed by atoms with E-state index in [0.717, 1.165) is 22.4 Å². The van der Waals surface area contributed by atoms with Crippen molar-refractivity contribution in [1.82, 2.24) is 25.3 Å². The van der Waals surface area contributed by atoms with Crippen molar-refractivity contribution in [2.24, 2.45) is 0 Å². The van der Waals surface area contributed by atoms with Crippen LogP contribution in [0.2, 0.25) is 0 Å². The summed E-state index contributed by atoms with van der Waals surface area (Å²) in [6.45, 7) is 1.91. The summed E-state index contributed by atoms with van der Waals surface area (Å²) < 4.78 is 5.19. The Morgan fingerprint density at radius 3 is 3.05 bits per heavy atom. The van der Waals surface area contributed by atoms with Crippen LogP contribution in [-0.4, -0.2) is 25.3 Å². The van der Waals surface area contributed by atoms with Crippen molar-refractivity contribution < 1.29 is 4.52 Å². The van der Waals surface area contributed by atoms with Gasteiger partial charge in [0.1, 0.15) is 0 Å². The Bertz CT molecular complexity index is 909. The van der Waals surface area contributed by atoms with Gasteiger partial charge in [0.15, 0.2) is 22.6 Å². The average Bonchev–Trinajstić information content (AvgIpc) is 3.05. The van der Waals surface area contributed by atoms with Crippen LogP contribution in [0.15, 0.2) is 35.1 Å². The van der Waals surface area contributed by atoms with Crippen LogP contribution in [0.4, 0.5) is 11.5 Å². The van der Waals surface area contributed by atoms with Crippen LogP contribution >= 0.6 is 0 Å². The first kappa shape index (κ1) is 10.9. The van der Waals surface area contributed by atoms with Gasteiger partial charge in [-0.1, -0.05) is 5.16 Å². The van der Waals surface area contributed by atoms with Crippen molar-refractivity contribution in [2.45, 2.75) is 6.92 Å². The van der Waals surface area contributed by atoms with E-state index in [-0.39, 0.29) is 0 Å². The summed E-state index contributed by atoms with van der Waals surface area (Å²) in [6.07, 6.45) is 3.26. The summed E-state index contributed by atoms with van der Waals surface area (Å²) >= 11 is 0. The first-order valence-corrected chi connectivity index (χ1v) is 6.09. The highest BCUT2D eigenvalue weighted by molar-refractivity contribution is 5.88. The second-order valence-corrected chi connectivity index (χ2v) is 4.43. The van der Waals surface area contributed by atoms with E-state index in [1.165, 1.54) is 0 Å². The summed E-state index contributed by atoms with van der Waals surface area (Å²) in [5, 5.41) is 15.1. The molecule has 7 heteroatoms. The van der Waals surface area contributed by atoms with Gasteiger partial charge in [0.05, 0.1) is 5.69 Å². The molecule has 98 valence electrons. The van der Waals surface area contributed by atoms with Crippen LogP contribution in [0.25, 0.3) is 22.1 Å². The second kappa shape index (κ2) is 4.02. The maximum absolute atomic E-state index is 5.19. The number of H-pyrrole nitrogens is 1. The van der Waals surface area contributed by atoms with Gasteiger partial charge < -0.3 is 9.84 Å². The van der Waals surface area contributed by atoms with Gasteiger partial charge in [0.2, 0.25) is 0 Å². The summed E-state index contributed by atoms with van der Waals surface area (Å²) in [5.41, 5.74) is 3.87. The molecule has 20 heavy (non-hydrogen) atoms. The van der Waals surface area contributed by atoms with Gasteiger partial charge in [-0.15, -0.1) is 0 Å². The summed E-state index contributed by atoms with van der Waals surface area (Å²) in [5.74, 6) is 0.640. The van der Waals surface area contributed by atoms with Crippen LogP contribution in [0, 0.1) is 6.92 Å². The summed E-state index contributed by atoms with van der Waals surface area (Å²) in [4.78, 5) is 8.41. The van der Waals surface area contributed by atoms with E-state index in [1.807, 2.05) is 25.1 Å². The molecule has 0 unspecified atom stereocenters. The monoisotopic (exact) mass is 266 g/mol. The van der Waals surface area contributed by atoms with Crippen molar-refractivity contribution in [2.75, 3.05) is 5.32 Å². The van der Waals surface area contributed by atoms with Gasteiger partial charge >= 0.3 is 0 Å². The van der Waals surface area contributed by atoms with Gasteiger partial charge in [0, 0.05) is 23.5 Å². The van der Waals surface area contributed by atoms with E-state index in [9.17, 15) is 0 Å². The van der Waals surface area contributed by atoms with Crippen LogP contribution in [0.5, 0.6) is 0 Å². The van der Waals surface area contributed by atoms with Crippen molar-refractivity contribution in [1.29, 1.82) is 0 Å². The number of aryl methyl sites for hydroxylation is 1. The molecule has 0 bridgehead atoms. The third-order valence-corrected chi connectivity index (χ3v) is 3.11. The number of nitrogens with zero attached hydrogens (tertiary/aromatic N) is 4. The lowest BCUT2D eigenvalue weighted by Crippen LogP contribution is -1.91. The molecule has 0 aliphatic rings. The fourth-order valence-electron chi connectivity index (χ4n) is 2.12. The number of hydrogen-bond donors (Lipinski definition) is 2. The molecule has 1 aromatic carbocycles. The molecule has 0 aliphatic heterocycles. The fourth-order valence-corrected chi connectivity index (χ4v) is 2.12. The SMILES string of the molecule is Cc1noc2ccc(Nc3n[nH]c4nccnc34)cc12. The molecule has 0 radical (unpaired) electrons. The van der Waals surface area contributed by atoms with Crippen molar-refractivity contribution in [3.05, 3.63) is 36.3 Å². The van der Waals surface area contributed by atoms with Crippen molar-refractivity contribution in [3.8, 4) is 0 Å². The third-order valence-electron chi connectivity index (χ3n) is 3.11. The molecule has 0 fully saturated rings. The normalized spacial score (nSPS) is 11.2. The van der Waals surface area contributed by atoms with E-state index >= 15 is 0 Å². The molecule has 3 heterocycles. The molecular formula is C13H10N6O. The Morgan fingerprint density at radius 2 is 2.10 bits per heavy atom. The Hall–Kier alpha value is -2.96. The van der Waals surface area contributed by atoms with Crippen molar-refractivity contribution >= 4 is 33.6 Å². The predicted molar refractivity (Wildman–Crippen MR) is 73.7 cm³/mol. The average molecular weight is 266 g/mol. The highest BCUT2D eigenvalue weighted by atomic mass is 16.5. The zero-order valence-electron chi connectivity index (χ0n) is 10.6. The van der Waals surface area contributed by atoms with E-state index in [4.69, 9.17) is 4.52 Å². The molecule has 2 N–H and O–H groups in total. The van der Waals surface area contributed by atoms with Gasteiger partial charge in [-0.2, -0.15) is 5.10 Å². The zero-order valence-corrected chi connectivity index (χ0v) is 10.6. The number of aromatic amines is 1. The minimum atomic E-state index is 0.640. The smallest absolute Gasteiger partial charge is 0.180 e. The predicted octanol–water partition coefficient (Wildman–Crippen LogP) is 2.55. The molecule has 3 aromatic heterocycles.